The monoisotopic (exact) mass is 203 g/mol. The van der Waals surface area contributed by atoms with E-state index in [-0.39, 0.29) is 0 Å². The summed E-state index contributed by atoms with van der Waals surface area (Å²) in [7, 11) is 0. The SMILES string of the molecule is Cc1ccc(-c2cnccc2Cl)cc1. The Morgan fingerprint density at radius 1 is 1.07 bits per heavy atom. The van der Waals surface area contributed by atoms with Crippen molar-refractivity contribution < 1.29 is 0 Å². The zero-order valence-corrected chi connectivity index (χ0v) is 8.62. The fraction of sp³-hybridized carbons (Fsp3) is 0.0833. The predicted molar refractivity (Wildman–Crippen MR) is 59.4 cm³/mol. The first-order valence-corrected chi connectivity index (χ1v) is 4.82. The molecule has 0 aliphatic rings. The lowest BCUT2D eigenvalue weighted by Gasteiger charge is -2.03. The molecule has 0 unspecified atom stereocenters. The number of aryl methyl sites for hydroxylation is 1. The van der Waals surface area contributed by atoms with Crippen LogP contribution in [-0.4, -0.2) is 4.98 Å². The van der Waals surface area contributed by atoms with Gasteiger partial charge in [0, 0.05) is 18.0 Å². The summed E-state index contributed by atoms with van der Waals surface area (Å²) >= 11 is 6.06. The first kappa shape index (κ1) is 9.22. The molecule has 0 N–H and O–H groups in total. The minimum atomic E-state index is 0.740. The summed E-state index contributed by atoms with van der Waals surface area (Å²) in [6.45, 7) is 2.06. The second-order valence-corrected chi connectivity index (χ2v) is 3.63. The van der Waals surface area contributed by atoms with Crippen molar-refractivity contribution >= 4 is 11.6 Å². The zero-order chi connectivity index (χ0) is 9.97. The molecule has 1 aromatic carbocycles. The molecule has 2 aromatic rings. The Balaban J connectivity index is 2.50. The molecule has 2 rings (SSSR count). The summed E-state index contributed by atoms with van der Waals surface area (Å²) in [6, 6.07) is 10.0. The first-order valence-electron chi connectivity index (χ1n) is 4.44. The Hall–Kier alpha value is -1.34. The fourth-order valence-electron chi connectivity index (χ4n) is 1.32. The maximum atomic E-state index is 6.06. The first-order chi connectivity index (χ1) is 6.77. The van der Waals surface area contributed by atoms with Gasteiger partial charge in [-0.3, -0.25) is 4.98 Å². The Bertz CT molecular complexity index is 434. The summed E-state index contributed by atoms with van der Waals surface area (Å²) in [4.78, 5) is 4.06. The minimum absolute atomic E-state index is 0.740. The lowest BCUT2D eigenvalue weighted by atomic mass is 10.1. The van der Waals surface area contributed by atoms with E-state index in [1.807, 2.05) is 0 Å². The van der Waals surface area contributed by atoms with Crippen LogP contribution < -0.4 is 0 Å². The van der Waals surface area contributed by atoms with Gasteiger partial charge in [-0.25, -0.2) is 0 Å². The van der Waals surface area contributed by atoms with Gasteiger partial charge in [-0.15, -0.1) is 0 Å². The van der Waals surface area contributed by atoms with Gasteiger partial charge in [0.1, 0.15) is 0 Å². The Morgan fingerprint density at radius 2 is 1.79 bits per heavy atom. The van der Waals surface area contributed by atoms with Crippen LogP contribution in [0.2, 0.25) is 5.02 Å². The molecule has 2 heteroatoms. The molecular weight excluding hydrogens is 194 g/mol. The van der Waals surface area contributed by atoms with Crippen LogP contribution in [-0.2, 0) is 0 Å². The van der Waals surface area contributed by atoms with E-state index in [0.29, 0.717) is 0 Å². The molecule has 1 aromatic heterocycles. The topological polar surface area (TPSA) is 12.9 Å². The highest BCUT2D eigenvalue weighted by molar-refractivity contribution is 6.33. The van der Waals surface area contributed by atoms with Gasteiger partial charge in [-0.1, -0.05) is 41.4 Å². The number of pyridine rings is 1. The highest BCUT2D eigenvalue weighted by Crippen LogP contribution is 2.26. The van der Waals surface area contributed by atoms with Crippen LogP contribution in [0.3, 0.4) is 0 Å². The van der Waals surface area contributed by atoms with Crippen molar-refractivity contribution in [3.63, 3.8) is 0 Å². The van der Waals surface area contributed by atoms with Crippen molar-refractivity contribution in [2.24, 2.45) is 0 Å². The summed E-state index contributed by atoms with van der Waals surface area (Å²) in [6.07, 6.45) is 3.48. The zero-order valence-electron chi connectivity index (χ0n) is 7.87. The molecule has 0 fully saturated rings. The third-order valence-electron chi connectivity index (χ3n) is 2.13. The quantitative estimate of drug-likeness (QED) is 0.689. The van der Waals surface area contributed by atoms with Crippen LogP contribution >= 0.6 is 11.6 Å². The van der Waals surface area contributed by atoms with Gasteiger partial charge in [-0.2, -0.15) is 0 Å². The normalized spacial score (nSPS) is 10.1. The molecule has 0 aliphatic heterocycles. The van der Waals surface area contributed by atoms with Crippen molar-refractivity contribution in [1.82, 2.24) is 4.98 Å². The standard InChI is InChI=1S/C12H10ClN/c1-9-2-4-10(5-3-9)11-8-14-7-6-12(11)13/h2-8H,1H3. The molecule has 1 heterocycles. The molecule has 14 heavy (non-hydrogen) atoms. The molecule has 0 aliphatic carbocycles. The van der Waals surface area contributed by atoms with Gasteiger partial charge in [-0.05, 0) is 18.6 Å². The van der Waals surface area contributed by atoms with Crippen LogP contribution in [0.1, 0.15) is 5.56 Å². The maximum absolute atomic E-state index is 6.06. The van der Waals surface area contributed by atoms with Crippen LogP contribution in [0.5, 0.6) is 0 Å². The van der Waals surface area contributed by atoms with Crippen molar-refractivity contribution in [3.05, 3.63) is 53.3 Å². The molecule has 0 spiro atoms. The summed E-state index contributed by atoms with van der Waals surface area (Å²) in [5, 5.41) is 0.740. The Kier molecular flexibility index (Phi) is 2.51. The van der Waals surface area contributed by atoms with E-state index in [1.54, 1.807) is 18.5 Å². The largest absolute Gasteiger partial charge is 0.264 e. The number of halogens is 1. The number of rotatable bonds is 1. The number of hydrogen-bond donors (Lipinski definition) is 0. The molecule has 0 saturated carbocycles. The lowest BCUT2D eigenvalue weighted by molar-refractivity contribution is 1.33. The number of nitrogens with zero attached hydrogens (tertiary/aromatic N) is 1. The van der Waals surface area contributed by atoms with Gasteiger partial charge in [0.2, 0.25) is 0 Å². The predicted octanol–water partition coefficient (Wildman–Crippen LogP) is 3.71. The highest BCUT2D eigenvalue weighted by Gasteiger charge is 2.01. The number of hydrogen-bond acceptors (Lipinski definition) is 1. The van der Waals surface area contributed by atoms with E-state index in [1.165, 1.54) is 5.56 Å². The molecular formula is C12H10ClN. The van der Waals surface area contributed by atoms with E-state index in [4.69, 9.17) is 11.6 Å². The van der Waals surface area contributed by atoms with Crippen molar-refractivity contribution in [1.29, 1.82) is 0 Å². The highest BCUT2D eigenvalue weighted by atomic mass is 35.5. The summed E-state index contributed by atoms with van der Waals surface area (Å²) in [5.41, 5.74) is 3.33. The van der Waals surface area contributed by atoms with E-state index >= 15 is 0 Å². The van der Waals surface area contributed by atoms with E-state index in [0.717, 1.165) is 16.1 Å². The maximum Gasteiger partial charge on any atom is 0.0515 e. The van der Waals surface area contributed by atoms with Crippen LogP contribution in [0.15, 0.2) is 42.7 Å². The van der Waals surface area contributed by atoms with Crippen molar-refractivity contribution in [3.8, 4) is 11.1 Å². The second-order valence-electron chi connectivity index (χ2n) is 3.22. The molecule has 0 bridgehead atoms. The van der Waals surface area contributed by atoms with E-state index in [2.05, 4.69) is 36.2 Å². The Morgan fingerprint density at radius 3 is 2.43 bits per heavy atom. The smallest absolute Gasteiger partial charge is 0.0515 e. The minimum Gasteiger partial charge on any atom is -0.264 e. The van der Waals surface area contributed by atoms with Crippen LogP contribution in [0.4, 0.5) is 0 Å². The molecule has 0 radical (unpaired) electrons. The van der Waals surface area contributed by atoms with Gasteiger partial charge < -0.3 is 0 Å². The van der Waals surface area contributed by atoms with Gasteiger partial charge in [0.25, 0.3) is 0 Å². The summed E-state index contributed by atoms with van der Waals surface area (Å²) in [5.74, 6) is 0. The van der Waals surface area contributed by atoms with Gasteiger partial charge >= 0.3 is 0 Å². The number of benzene rings is 1. The second kappa shape index (κ2) is 3.81. The molecule has 0 saturated heterocycles. The van der Waals surface area contributed by atoms with Crippen molar-refractivity contribution in [2.45, 2.75) is 6.92 Å². The lowest BCUT2D eigenvalue weighted by Crippen LogP contribution is -1.81. The van der Waals surface area contributed by atoms with Crippen LogP contribution in [0.25, 0.3) is 11.1 Å². The van der Waals surface area contributed by atoms with Gasteiger partial charge in [0.15, 0.2) is 0 Å². The third kappa shape index (κ3) is 1.78. The van der Waals surface area contributed by atoms with E-state index < -0.39 is 0 Å². The molecule has 0 atom stereocenters. The average Bonchev–Trinajstić information content (AvgIpc) is 2.20. The van der Waals surface area contributed by atoms with Crippen molar-refractivity contribution in [2.75, 3.05) is 0 Å². The van der Waals surface area contributed by atoms with Crippen LogP contribution in [0, 0.1) is 6.92 Å². The van der Waals surface area contributed by atoms with E-state index in [9.17, 15) is 0 Å². The Labute approximate surface area is 88.4 Å². The molecule has 0 amide bonds. The fourth-order valence-corrected chi connectivity index (χ4v) is 1.54. The molecule has 1 nitrogen and oxygen atoms in total. The summed E-state index contributed by atoms with van der Waals surface area (Å²) < 4.78 is 0. The third-order valence-corrected chi connectivity index (χ3v) is 2.46. The average molecular weight is 204 g/mol. The number of aromatic nitrogens is 1. The molecule has 70 valence electrons. The van der Waals surface area contributed by atoms with Gasteiger partial charge in [0.05, 0.1) is 5.02 Å².